The third-order valence-corrected chi connectivity index (χ3v) is 5.09. The molecule has 1 unspecified atom stereocenters. The van der Waals surface area contributed by atoms with Gasteiger partial charge in [-0.1, -0.05) is 0 Å². The first-order chi connectivity index (χ1) is 9.81. The van der Waals surface area contributed by atoms with Crippen molar-refractivity contribution in [3.63, 3.8) is 0 Å². The number of thiophene rings is 1. The van der Waals surface area contributed by atoms with Crippen LogP contribution in [0.2, 0.25) is 0 Å². The van der Waals surface area contributed by atoms with Gasteiger partial charge in [0.25, 0.3) is 0 Å². The van der Waals surface area contributed by atoms with E-state index in [4.69, 9.17) is 0 Å². The lowest BCUT2D eigenvalue weighted by atomic mass is 9.94. The Hall–Kier alpha value is -1.40. The van der Waals surface area contributed by atoms with Crippen LogP contribution >= 0.6 is 27.3 Å². The maximum absolute atomic E-state index is 4.55. The summed E-state index contributed by atoms with van der Waals surface area (Å²) in [5, 5.41) is 5.76. The number of hydrogen-bond donors (Lipinski definition) is 1. The molecule has 6 heteroatoms. The molecule has 3 heterocycles. The molecule has 20 heavy (non-hydrogen) atoms. The Kier molecular flexibility index (Phi) is 3.00. The maximum atomic E-state index is 4.55. The monoisotopic (exact) mass is 348 g/mol. The van der Waals surface area contributed by atoms with Gasteiger partial charge in [-0.3, -0.25) is 0 Å². The van der Waals surface area contributed by atoms with Gasteiger partial charge in [-0.05, 0) is 52.2 Å². The van der Waals surface area contributed by atoms with E-state index < -0.39 is 0 Å². The van der Waals surface area contributed by atoms with Crippen molar-refractivity contribution in [1.29, 1.82) is 0 Å². The van der Waals surface area contributed by atoms with Gasteiger partial charge in [-0.2, -0.15) is 0 Å². The average Bonchev–Trinajstić information content (AvgIpc) is 3.06. The first-order valence-electron chi connectivity index (χ1n) is 6.63. The normalized spacial score (nSPS) is 18.1. The minimum atomic E-state index is 0.340. The number of imidazole rings is 1. The van der Waals surface area contributed by atoms with E-state index in [1.807, 2.05) is 28.1 Å². The summed E-state index contributed by atoms with van der Waals surface area (Å²) in [4.78, 5) is 10.4. The number of fused-ring (bicyclic) bond motifs is 2. The van der Waals surface area contributed by atoms with Crippen molar-refractivity contribution in [3.05, 3.63) is 45.1 Å². The molecule has 0 spiro atoms. The number of aryl methyl sites for hydroxylation is 1. The van der Waals surface area contributed by atoms with Crippen molar-refractivity contribution >= 4 is 38.7 Å². The predicted molar refractivity (Wildman–Crippen MR) is 84.3 cm³/mol. The Morgan fingerprint density at radius 1 is 1.45 bits per heavy atom. The zero-order chi connectivity index (χ0) is 13.5. The third kappa shape index (κ3) is 2.03. The standard InChI is InChI=1S/C14H13BrN4S/c15-12-8-19-6-5-16-14(19)13(18-12)17-10-2-1-3-11-9(10)4-7-20-11/h4-8,10H,1-3H2,(H,17,18). The van der Waals surface area contributed by atoms with Gasteiger partial charge in [0, 0.05) is 23.5 Å². The molecule has 0 fully saturated rings. The molecule has 1 atom stereocenters. The van der Waals surface area contributed by atoms with Gasteiger partial charge in [0.2, 0.25) is 0 Å². The van der Waals surface area contributed by atoms with Crippen LogP contribution in [0.3, 0.4) is 0 Å². The van der Waals surface area contributed by atoms with Crippen molar-refractivity contribution in [2.75, 3.05) is 5.32 Å². The van der Waals surface area contributed by atoms with E-state index in [1.54, 1.807) is 6.20 Å². The van der Waals surface area contributed by atoms with Gasteiger partial charge < -0.3 is 9.72 Å². The molecule has 1 aliphatic carbocycles. The molecule has 3 aromatic rings. The Morgan fingerprint density at radius 2 is 2.40 bits per heavy atom. The highest BCUT2D eigenvalue weighted by atomic mass is 79.9. The van der Waals surface area contributed by atoms with Crippen LogP contribution in [0.25, 0.3) is 5.65 Å². The molecule has 0 radical (unpaired) electrons. The van der Waals surface area contributed by atoms with E-state index in [0.717, 1.165) is 22.5 Å². The summed E-state index contributed by atoms with van der Waals surface area (Å²) in [5.41, 5.74) is 2.29. The van der Waals surface area contributed by atoms with Crippen molar-refractivity contribution in [2.45, 2.75) is 25.3 Å². The van der Waals surface area contributed by atoms with Crippen molar-refractivity contribution in [3.8, 4) is 0 Å². The number of nitrogens with one attached hydrogen (secondary N) is 1. The van der Waals surface area contributed by atoms with Gasteiger partial charge in [0.05, 0.1) is 6.04 Å². The second-order valence-corrected chi connectivity index (χ2v) is 6.77. The Labute approximate surface area is 129 Å². The summed E-state index contributed by atoms with van der Waals surface area (Å²) in [6.45, 7) is 0. The fourth-order valence-corrected chi connectivity index (χ4v) is 4.18. The predicted octanol–water partition coefficient (Wildman–Crippen LogP) is 4.04. The number of aromatic nitrogens is 3. The largest absolute Gasteiger partial charge is 0.360 e. The first kappa shape index (κ1) is 12.3. The molecule has 0 aliphatic heterocycles. The Bertz CT molecular complexity index is 763. The summed E-state index contributed by atoms with van der Waals surface area (Å²) in [6.07, 6.45) is 9.23. The zero-order valence-corrected chi connectivity index (χ0v) is 13.1. The first-order valence-corrected chi connectivity index (χ1v) is 8.30. The molecule has 0 saturated heterocycles. The van der Waals surface area contributed by atoms with Crippen LogP contribution in [0.1, 0.15) is 29.3 Å². The number of hydrogen-bond acceptors (Lipinski definition) is 4. The van der Waals surface area contributed by atoms with Crippen LogP contribution in [-0.2, 0) is 6.42 Å². The number of nitrogens with zero attached hydrogens (tertiary/aromatic N) is 3. The SMILES string of the molecule is Brc1cn2ccnc2c(NC2CCCc3sccc32)n1. The van der Waals surface area contributed by atoms with E-state index in [2.05, 4.69) is 42.7 Å². The molecule has 0 amide bonds. The number of halogens is 1. The van der Waals surface area contributed by atoms with Crippen LogP contribution in [0.15, 0.2) is 34.6 Å². The van der Waals surface area contributed by atoms with E-state index in [-0.39, 0.29) is 0 Å². The van der Waals surface area contributed by atoms with Gasteiger partial charge in [0.1, 0.15) is 4.60 Å². The number of rotatable bonds is 2. The topological polar surface area (TPSA) is 42.2 Å². The average molecular weight is 349 g/mol. The van der Waals surface area contributed by atoms with Crippen molar-refractivity contribution in [1.82, 2.24) is 14.4 Å². The molecule has 3 aromatic heterocycles. The molecule has 4 nitrogen and oxygen atoms in total. The van der Waals surface area contributed by atoms with E-state index in [1.165, 1.54) is 23.3 Å². The summed E-state index contributed by atoms with van der Waals surface area (Å²) < 4.78 is 2.79. The quantitative estimate of drug-likeness (QED) is 0.759. The molecular formula is C14H13BrN4S. The van der Waals surface area contributed by atoms with Crippen LogP contribution in [0.5, 0.6) is 0 Å². The zero-order valence-electron chi connectivity index (χ0n) is 10.7. The molecule has 1 N–H and O–H groups in total. The van der Waals surface area contributed by atoms with Gasteiger partial charge in [-0.15, -0.1) is 11.3 Å². The summed E-state index contributed by atoms with van der Waals surface area (Å²) >= 11 is 5.32. The molecule has 1 aliphatic rings. The Morgan fingerprint density at radius 3 is 3.35 bits per heavy atom. The van der Waals surface area contributed by atoms with Crippen LogP contribution in [0.4, 0.5) is 5.82 Å². The molecule has 4 rings (SSSR count). The molecule has 0 saturated carbocycles. The molecule has 0 aromatic carbocycles. The van der Waals surface area contributed by atoms with Crippen molar-refractivity contribution in [2.24, 2.45) is 0 Å². The van der Waals surface area contributed by atoms with Gasteiger partial charge >= 0.3 is 0 Å². The fourth-order valence-electron chi connectivity index (χ4n) is 2.80. The molecular weight excluding hydrogens is 336 g/mol. The highest BCUT2D eigenvalue weighted by Gasteiger charge is 2.22. The maximum Gasteiger partial charge on any atom is 0.180 e. The second-order valence-electron chi connectivity index (χ2n) is 4.96. The molecule has 0 bridgehead atoms. The highest BCUT2D eigenvalue weighted by molar-refractivity contribution is 9.10. The highest BCUT2D eigenvalue weighted by Crippen LogP contribution is 2.35. The molecule has 102 valence electrons. The lowest BCUT2D eigenvalue weighted by Gasteiger charge is -2.24. The minimum Gasteiger partial charge on any atom is -0.360 e. The fraction of sp³-hybridized carbons (Fsp3) is 0.286. The van der Waals surface area contributed by atoms with E-state index >= 15 is 0 Å². The van der Waals surface area contributed by atoms with Crippen LogP contribution in [-0.4, -0.2) is 14.4 Å². The Balaban J connectivity index is 1.74. The van der Waals surface area contributed by atoms with Gasteiger partial charge in [0.15, 0.2) is 11.5 Å². The second kappa shape index (κ2) is 4.86. The van der Waals surface area contributed by atoms with E-state index in [9.17, 15) is 0 Å². The van der Waals surface area contributed by atoms with Crippen molar-refractivity contribution < 1.29 is 0 Å². The summed E-state index contributed by atoms with van der Waals surface area (Å²) in [7, 11) is 0. The lowest BCUT2D eigenvalue weighted by Crippen LogP contribution is -2.17. The van der Waals surface area contributed by atoms with Crippen LogP contribution < -0.4 is 5.32 Å². The summed E-state index contributed by atoms with van der Waals surface area (Å²) in [5.74, 6) is 0.841. The van der Waals surface area contributed by atoms with Gasteiger partial charge in [-0.25, -0.2) is 9.97 Å². The van der Waals surface area contributed by atoms with E-state index in [0.29, 0.717) is 6.04 Å². The minimum absolute atomic E-state index is 0.340. The number of anilines is 1. The van der Waals surface area contributed by atoms with Crippen LogP contribution in [0, 0.1) is 0 Å². The lowest BCUT2D eigenvalue weighted by molar-refractivity contribution is 0.607. The third-order valence-electron chi connectivity index (χ3n) is 3.71. The summed E-state index contributed by atoms with van der Waals surface area (Å²) in [6, 6.07) is 2.57. The smallest absolute Gasteiger partial charge is 0.180 e.